The molecule has 0 radical (unpaired) electrons. The fraction of sp³-hybridized carbons (Fsp3) is 0.667. The van der Waals surface area contributed by atoms with E-state index in [0.717, 1.165) is 38.3 Å². The van der Waals surface area contributed by atoms with Gasteiger partial charge in [0.1, 0.15) is 0 Å². The Morgan fingerprint density at radius 2 is 2.05 bits per heavy atom. The van der Waals surface area contributed by atoms with Crippen LogP contribution in [0.15, 0.2) is 18.2 Å². The first-order valence-corrected chi connectivity index (χ1v) is 8.58. The molecule has 1 atom stereocenters. The average molecular weight is 323 g/mol. The minimum atomic E-state index is 0. The number of nitrogens with zero attached hydrogens (tertiary/aromatic N) is 1. The van der Waals surface area contributed by atoms with Gasteiger partial charge in [-0.05, 0) is 55.7 Å². The number of hydrogen-bond donors (Lipinski definition) is 1. The van der Waals surface area contributed by atoms with Gasteiger partial charge in [-0.2, -0.15) is 0 Å². The largest absolute Gasteiger partial charge is 0.384 e. The van der Waals surface area contributed by atoms with Gasteiger partial charge in [-0.25, -0.2) is 0 Å². The molecular formula is C18H27ClN2O. The number of rotatable bonds is 3. The number of likely N-dealkylation sites (tertiary alicyclic amines) is 1. The van der Waals surface area contributed by atoms with Gasteiger partial charge in [0.15, 0.2) is 0 Å². The van der Waals surface area contributed by atoms with E-state index in [0.29, 0.717) is 0 Å². The first-order valence-electron chi connectivity index (χ1n) is 8.58. The second-order valence-corrected chi connectivity index (χ2v) is 6.76. The van der Waals surface area contributed by atoms with Crippen molar-refractivity contribution < 1.29 is 4.74 Å². The van der Waals surface area contributed by atoms with Gasteiger partial charge >= 0.3 is 0 Å². The van der Waals surface area contributed by atoms with Gasteiger partial charge in [-0.1, -0.05) is 18.2 Å². The standard InChI is InChI=1S/C18H26N2O.ClH/c1-3-15-6-9-19-18(15)16(4-1)13-20-10-2-5-17(20)14-7-11-21-12-8-14;/h1,3-4,14,17,19H,2,5-13H2;1H. The lowest BCUT2D eigenvalue weighted by atomic mass is 9.90. The fourth-order valence-electron chi connectivity index (χ4n) is 4.44. The molecule has 0 amide bonds. The summed E-state index contributed by atoms with van der Waals surface area (Å²) in [5.74, 6) is 0.853. The highest BCUT2D eigenvalue weighted by Gasteiger charge is 2.33. The molecule has 0 bridgehead atoms. The molecule has 1 unspecified atom stereocenters. The highest BCUT2D eigenvalue weighted by molar-refractivity contribution is 5.85. The van der Waals surface area contributed by atoms with E-state index in [-0.39, 0.29) is 12.4 Å². The van der Waals surface area contributed by atoms with E-state index < -0.39 is 0 Å². The van der Waals surface area contributed by atoms with Crippen LogP contribution in [-0.2, 0) is 17.7 Å². The van der Waals surface area contributed by atoms with Crippen LogP contribution in [0.25, 0.3) is 0 Å². The number of nitrogens with one attached hydrogen (secondary N) is 1. The topological polar surface area (TPSA) is 24.5 Å². The summed E-state index contributed by atoms with van der Waals surface area (Å²) in [5.41, 5.74) is 4.44. The number of hydrogen-bond acceptors (Lipinski definition) is 3. The first-order chi connectivity index (χ1) is 10.4. The molecule has 3 aliphatic rings. The molecule has 0 aliphatic carbocycles. The van der Waals surface area contributed by atoms with Crippen molar-refractivity contribution in [3.8, 4) is 0 Å². The van der Waals surface area contributed by atoms with Gasteiger partial charge in [0.05, 0.1) is 0 Å². The van der Waals surface area contributed by atoms with Crippen molar-refractivity contribution in [2.45, 2.75) is 44.7 Å². The van der Waals surface area contributed by atoms with Crippen molar-refractivity contribution >= 4 is 18.1 Å². The van der Waals surface area contributed by atoms with Gasteiger partial charge in [0.25, 0.3) is 0 Å². The van der Waals surface area contributed by atoms with Gasteiger partial charge < -0.3 is 10.1 Å². The summed E-state index contributed by atoms with van der Waals surface area (Å²) in [6.07, 6.45) is 6.45. The van der Waals surface area contributed by atoms with Crippen molar-refractivity contribution in [1.82, 2.24) is 4.90 Å². The molecule has 122 valence electrons. The Morgan fingerprint density at radius 3 is 2.91 bits per heavy atom. The van der Waals surface area contributed by atoms with E-state index in [1.165, 1.54) is 55.5 Å². The van der Waals surface area contributed by atoms with E-state index in [4.69, 9.17) is 4.74 Å². The van der Waals surface area contributed by atoms with Gasteiger partial charge in [-0.3, -0.25) is 4.90 Å². The van der Waals surface area contributed by atoms with Crippen LogP contribution < -0.4 is 5.32 Å². The number of halogens is 1. The molecule has 2 fully saturated rings. The summed E-state index contributed by atoms with van der Waals surface area (Å²) in [4.78, 5) is 2.74. The number of fused-ring (bicyclic) bond motifs is 1. The maximum atomic E-state index is 5.54. The Bertz CT molecular complexity index is 502. The molecule has 4 rings (SSSR count). The van der Waals surface area contributed by atoms with Gasteiger partial charge in [0.2, 0.25) is 0 Å². The number of para-hydroxylation sites is 1. The molecule has 0 spiro atoms. The Kier molecular flexibility index (Phi) is 5.27. The molecular weight excluding hydrogens is 296 g/mol. The maximum Gasteiger partial charge on any atom is 0.0469 e. The van der Waals surface area contributed by atoms with Gasteiger partial charge in [-0.15, -0.1) is 12.4 Å². The monoisotopic (exact) mass is 322 g/mol. The lowest BCUT2D eigenvalue weighted by molar-refractivity contribution is 0.0346. The minimum absolute atomic E-state index is 0. The molecule has 3 heterocycles. The Balaban J connectivity index is 0.00000144. The highest BCUT2D eigenvalue weighted by Crippen LogP contribution is 2.34. The maximum absolute atomic E-state index is 5.54. The van der Waals surface area contributed by atoms with Crippen LogP contribution >= 0.6 is 12.4 Å². The highest BCUT2D eigenvalue weighted by atomic mass is 35.5. The van der Waals surface area contributed by atoms with Crippen molar-refractivity contribution in [2.75, 3.05) is 31.6 Å². The van der Waals surface area contributed by atoms with Crippen LogP contribution in [0.4, 0.5) is 5.69 Å². The normalized spacial score (nSPS) is 25.5. The smallest absolute Gasteiger partial charge is 0.0469 e. The molecule has 3 aliphatic heterocycles. The third kappa shape index (κ3) is 3.12. The zero-order valence-corrected chi connectivity index (χ0v) is 14.0. The van der Waals surface area contributed by atoms with E-state index in [1.807, 2.05) is 0 Å². The molecule has 1 aromatic carbocycles. The van der Waals surface area contributed by atoms with Crippen LogP contribution in [-0.4, -0.2) is 37.2 Å². The van der Waals surface area contributed by atoms with Crippen molar-refractivity contribution in [3.63, 3.8) is 0 Å². The number of anilines is 1. The molecule has 1 N–H and O–H groups in total. The number of benzene rings is 1. The third-order valence-corrected chi connectivity index (χ3v) is 5.53. The summed E-state index contributed by atoms with van der Waals surface area (Å²) in [5, 5.41) is 3.59. The molecule has 0 aromatic heterocycles. The van der Waals surface area contributed by atoms with E-state index in [1.54, 1.807) is 0 Å². The third-order valence-electron chi connectivity index (χ3n) is 5.53. The minimum Gasteiger partial charge on any atom is -0.384 e. The van der Waals surface area contributed by atoms with Crippen LogP contribution in [0, 0.1) is 5.92 Å². The van der Waals surface area contributed by atoms with Crippen molar-refractivity contribution in [3.05, 3.63) is 29.3 Å². The zero-order valence-electron chi connectivity index (χ0n) is 13.2. The summed E-state index contributed by atoms with van der Waals surface area (Å²) in [6, 6.07) is 7.61. The van der Waals surface area contributed by atoms with E-state index in [2.05, 4.69) is 28.4 Å². The van der Waals surface area contributed by atoms with Crippen LogP contribution in [0.1, 0.15) is 36.8 Å². The number of ether oxygens (including phenoxy) is 1. The van der Waals surface area contributed by atoms with Crippen LogP contribution in [0.3, 0.4) is 0 Å². The second kappa shape index (κ2) is 7.20. The Labute approximate surface area is 139 Å². The summed E-state index contributed by atoms with van der Waals surface area (Å²) in [7, 11) is 0. The average Bonchev–Trinajstić information content (AvgIpc) is 3.17. The van der Waals surface area contributed by atoms with Gasteiger partial charge in [0, 0.05) is 38.0 Å². The second-order valence-electron chi connectivity index (χ2n) is 6.76. The SMILES string of the molecule is Cl.c1cc2c(c(CN3CCCC3C3CCOCC3)c1)NCC2. The summed E-state index contributed by atoms with van der Waals surface area (Å²) >= 11 is 0. The lowest BCUT2D eigenvalue weighted by Gasteiger charge is -2.34. The first kappa shape index (κ1) is 16.1. The van der Waals surface area contributed by atoms with E-state index in [9.17, 15) is 0 Å². The Morgan fingerprint density at radius 1 is 1.18 bits per heavy atom. The molecule has 2 saturated heterocycles. The summed E-state index contributed by atoms with van der Waals surface area (Å²) < 4.78 is 5.54. The molecule has 0 saturated carbocycles. The molecule has 22 heavy (non-hydrogen) atoms. The molecule has 3 nitrogen and oxygen atoms in total. The van der Waals surface area contributed by atoms with E-state index >= 15 is 0 Å². The van der Waals surface area contributed by atoms with Crippen molar-refractivity contribution in [1.29, 1.82) is 0 Å². The van der Waals surface area contributed by atoms with Crippen LogP contribution in [0.2, 0.25) is 0 Å². The molecule has 1 aromatic rings. The molecule has 4 heteroatoms. The lowest BCUT2D eigenvalue weighted by Crippen LogP contribution is -2.38. The summed E-state index contributed by atoms with van der Waals surface area (Å²) in [6.45, 7) is 5.44. The Hall–Kier alpha value is -0.770. The fourth-order valence-corrected chi connectivity index (χ4v) is 4.44. The van der Waals surface area contributed by atoms with Crippen molar-refractivity contribution in [2.24, 2.45) is 5.92 Å². The van der Waals surface area contributed by atoms with Crippen LogP contribution in [0.5, 0.6) is 0 Å². The zero-order chi connectivity index (χ0) is 14.1. The predicted molar refractivity (Wildman–Crippen MR) is 92.9 cm³/mol. The predicted octanol–water partition coefficient (Wildman–Crippen LogP) is 3.47. The quantitative estimate of drug-likeness (QED) is 0.922.